The largest absolute Gasteiger partial charge is 0.512 e. The van der Waals surface area contributed by atoms with Gasteiger partial charge >= 0.3 is 12.3 Å². The minimum absolute atomic E-state index is 0.00394. The summed E-state index contributed by atoms with van der Waals surface area (Å²) in [5.74, 6) is -0.499. The molecule has 1 aromatic heterocycles. The number of aromatic nitrogens is 1. The molecule has 0 atom stereocenters. The Hall–Kier alpha value is -2.48. The fourth-order valence-electron chi connectivity index (χ4n) is 1.68. The van der Waals surface area contributed by atoms with Gasteiger partial charge in [0.2, 0.25) is 5.88 Å². The van der Waals surface area contributed by atoms with E-state index in [4.69, 9.17) is 22.4 Å². The number of nitrogen functional groups attached to an aromatic ring is 1. The van der Waals surface area contributed by atoms with Gasteiger partial charge in [-0.2, -0.15) is 13.2 Å². The second-order valence-corrected chi connectivity index (χ2v) is 4.54. The maximum atomic E-state index is 12.7. The van der Waals surface area contributed by atoms with E-state index in [2.05, 4.69) is 9.72 Å². The number of pyridine rings is 1. The molecule has 0 fully saturated rings. The van der Waals surface area contributed by atoms with Crippen LogP contribution in [0.1, 0.15) is 5.56 Å². The average molecular weight is 333 g/mol. The minimum Gasteiger partial charge on any atom is -0.449 e. The van der Waals surface area contributed by atoms with Crippen LogP contribution in [-0.4, -0.2) is 16.2 Å². The van der Waals surface area contributed by atoms with E-state index >= 15 is 0 Å². The molecule has 3 N–H and O–H groups in total. The van der Waals surface area contributed by atoms with Gasteiger partial charge in [-0.25, -0.2) is 9.78 Å². The molecule has 0 bridgehead atoms. The highest BCUT2D eigenvalue weighted by Gasteiger charge is 2.30. The Balaban J connectivity index is 2.53. The molecule has 1 aromatic carbocycles. The molecule has 1 heterocycles. The molecule has 2 rings (SSSR count). The van der Waals surface area contributed by atoms with Crippen molar-refractivity contribution in [3.05, 3.63) is 40.9 Å². The maximum absolute atomic E-state index is 12.7. The van der Waals surface area contributed by atoms with Crippen LogP contribution in [0, 0.1) is 0 Å². The molecule has 0 saturated heterocycles. The normalized spacial score (nSPS) is 11.3. The minimum atomic E-state index is -4.52. The number of benzene rings is 1. The first kappa shape index (κ1) is 15.9. The Bertz CT molecular complexity index is 735. The predicted octanol–water partition coefficient (Wildman–Crippen LogP) is 4.06. The monoisotopic (exact) mass is 332 g/mol. The summed E-state index contributed by atoms with van der Waals surface area (Å²) in [6, 6.07) is 5.56. The third-order valence-electron chi connectivity index (χ3n) is 2.63. The molecular formula is C13H8ClF3N2O3. The van der Waals surface area contributed by atoms with E-state index in [1.165, 1.54) is 18.2 Å². The van der Waals surface area contributed by atoms with Gasteiger partial charge in [-0.05, 0) is 18.2 Å². The third-order valence-corrected chi connectivity index (χ3v) is 3.00. The number of hydrogen-bond donors (Lipinski definition) is 2. The predicted molar refractivity (Wildman–Crippen MR) is 72.8 cm³/mol. The molecule has 2 aromatic rings. The second-order valence-electron chi connectivity index (χ2n) is 4.16. The summed E-state index contributed by atoms with van der Waals surface area (Å²) in [6.07, 6.45) is -6.19. The highest BCUT2D eigenvalue weighted by molar-refractivity contribution is 6.34. The van der Waals surface area contributed by atoms with Crippen LogP contribution < -0.4 is 10.5 Å². The van der Waals surface area contributed by atoms with Gasteiger partial charge in [0.05, 0.1) is 16.9 Å². The van der Waals surface area contributed by atoms with E-state index in [0.717, 1.165) is 12.1 Å². The first-order valence-electron chi connectivity index (χ1n) is 5.73. The average Bonchev–Trinajstić information content (AvgIpc) is 2.42. The number of rotatable bonds is 2. The van der Waals surface area contributed by atoms with Crippen molar-refractivity contribution in [2.75, 3.05) is 5.73 Å². The van der Waals surface area contributed by atoms with Gasteiger partial charge in [0.1, 0.15) is 5.02 Å². The molecule has 0 radical (unpaired) electrons. The number of anilines is 1. The van der Waals surface area contributed by atoms with Gasteiger partial charge < -0.3 is 15.6 Å². The summed E-state index contributed by atoms with van der Waals surface area (Å²) in [5.41, 5.74) is 4.74. The van der Waals surface area contributed by atoms with Crippen LogP contribution in [0.3, 0.4) is 0 Å². The first-order chi connectivity index (χ1) is 10.2. The Morgan fingerprint density at radius 3 is 2.59 bits per heavy atom. The molecule has 0 aliphatic carbocycles. The van der Waals surface area contributed by atoms with Gasteiger partial charge in [-0.3, -0.25) is 0 Å². The first-order valence-corrected chi connectivity index (χ1v) is 6.10. The van der Waals surface area contributed by atoms with Crippen molar-refractivity contribution in [1.82, 2.24) is 4.98 Å². The number of ether oxygens (including phenoxy) is 1. The van der Waals surface area contributed by atoms with Crippen molar-refractivity contribution in [2.45, 2.75) is 6.18 Å². The highest BCUT2D eigenvalue weighted by Crippen LogP contribution is 2.35. The molecule has 0 saturated carbocycles. The zero-order valence-electron chi connectivity index (χ0n) is 10.7. The van der Waals surface area contributed by atoms with Crippen molar-refractivity contribution >= 4 is 23.4 Å². The molecular weight excluding hydrogens is 325 g/mol. The van der Waals surface area contributed by atoms with Gasteiger partial charge in [-0.1, -0.05) is 23.7 Å². The van der Waals surface area contributed by atoms with Crippen LogP contribution in [0.4, 0.5) is 23.7 Å². The van der Waals surface area contributed by atoms with E-state index in [9.17, 15) is 18.0 Å². The standard InChI is InChI=1S/C13H8ClF3N2O3/c14-10-8(18)5-9(19-11(10)22-12(20)21)6-2-1-3-7(4-6)13(15,16)17/h1-5H,(H2,18,19)(H,20,21). The summed E-state index contributed by atoms with van der Waals surface area (Å²) in [4.78, 5) is 14.3. The number of hydrogen-bond acceptors (Lipinski definition) is 4. The fourth-order valence-corrected chi connectivity index (χ4v) is 1.81. The summed E-state index contributed by atoms with van der Waals surface area (Å²) >= 11 is 5.74. The Labute approximate surface area is 127 Å². The van der Waals surface area contributed by atoms with Gasteiger partial charge in [-0.15, -0.1) is 0 Å². The van der Waals surface area contributed by atoms with Crippen LogP contribution in [0.5, 0.6) is 5.88 Å². The molecule has 5 nitrogen and oxygen atoms in total. The van der Waals surface area contributed by atoms with Crippen LogP contribution in [0.25, 0.3) is 11.3 Å². The van der Waals surface area contributed by atoms with Crippen molar-refractivity contribution in [1.29, 1.82) is 0 Å². The van der Waals surface area contributed by atoms with E-state index in [-0.39, 0.29) is 22.0 Å². The number of carbonyl (C=O) groups is 1. The summed E-state index contributed by atoms with van der Waals surface area (Å²) in [5, 5.41) is 8.35. The van der Waals surface area contributed by atoms with Crippen LogP contribution >= 0.6 is 11.6 Å². The number of nitrogens with two attached hydrogens (primary N) is 1. The number of carboxylic acid groups (broad SMARTS) is 1. The van der Waals surface area contributed by atoms with E-state index in [1.54, 1.807) is 0 Å². The quantitative estimate of drug-likeness (QED) is 0.810. The number of halogens is 4. The molecule has 9 heteroatoms. The van der Waals surface area contributed by atoms with Crippen LogP contribution in [0.2, 0.25) is 5.02 Å². The van der Waals surface area contributed by atoms with Crippen molar-refractivity contribution < 1.29 is 27.8 Å². The molecule has 0 amide bonds. The van der Waals surface area contributed by atoms with Crippen LogP contribution in [-0.2, 0) is 6.18 Å². The van der Waals surface area contributed by atoms with Crippen molar-refractivity contribution in [2.24, 2.45) is 0 Å². The zero-order valence-corrected chi connectivity index (χ0v) is 11.4. The van der Waals surface area contributed by atoms with Gasteiger partial charge in [0.25, 0.3) is 0 Å². The molecule has 116 valence electrons. The topological polar surface area (TPSA) is 85.4 Å². The zero-order chi connectivity index (χ0) is 16.5. The summed E-state index contributed by atoms with van der Waals surface area (Å²) in [7, 11) is 0. The maximum Gasteiger partial charge on any atom is 0.512 e. The molecule has 22 heavy (non-hydrogen) atoms. The lowest BCUT2D eigenvalue weighted by atomic mass is 10.1. The van der Waals surface area contributed by atoms with Crippen LogP contribution in [0.15, 0.2) is 30.3 Å². The van der Waals surface area contributed by atoms with E-state index < -0.39 is 23.8 Å². The van der Waals surface area contributed by atoms with Gasteiger partial charge in [0, 0.05) is 5.56 Å². The van der Waals surface area contributed by atoms with E-state index in [0.29, 0.717) is 0 Å². The van der Waals surface area contributed by atoms with E-state index in [1.807, 2.05) is 0 Å². The number of alkyl halides is 3. The molecule has 0 unspecified atom stereocenters. The van der Waals surface area contributed by atoms with Crippen molar-refractivity contribution in [3.8, 4) is 17.1 Å². The Morgan fingerprint density at radius 2 is 2.00 bits per heavy atom. The smallest absolute Gasteiger partial charge is 0.449 e. The third kappa shape index (κ3) is 3.40. The van der Waals surface area contributed by atoms with Crippen molar-refractivity contribution in [3.63, 3.8) is 0 Å². The number of nitrogens with zero attached hydrogens (tertiary/aromatic N) is 1. The Morgan fingerprint density at radius 1 is 1.32 bits per heavy atom. The lowest BCUT2D eigenvalue weighted by Crippen LogP contribution is -2.07. The lowest BCUT2D eigenvalue weighted by molar-refractivity contribution is -0.137. The molecule has 0 aliphatic rings. The lowest BCUT2D eigenvalue weighted by Gasteiger charge is -2.11. The van der Waals surface area contributed by atoms with Gasteiger partial charge in [0.15, 0.2) is 0 Å². The SMILES string of the molecule is Nc1cc(-c2cccc(C(F)(F)F)c2)nc(OC(=O)O)c1Cl. The summed E-state index contributed by atoms with van der Waals surface area (Å²) in [6.45, 7) is 0. The molecule has 0 spiro atoms. The second kappa shape index (κ2) is 5.72. The highest BCUT2D eigenvalue weighted by atomic mass is 35.5. The molecule has 0 aliphatic heterocycles. The summed E-state index contributed by atoms with van der Waals surface area (Å²) < 4.78 is 42.5. The Kier molecular flexibility index (Phi) is 4.14. The fraction of sp³-hybridized carbons (Fsp3) is 0.0769.